The highest BCUT2D eigenvalue weighted by Crippen LogP contribution is 2.40. The highest BCUT2D eigenvalue weighted by atomic mass is 19.3. The van der Waals surface area contributed by atoms with E-state index in [0.29, 0.717) is 11.1 Å². The van der Waals surface area contributed by atoms with Crippen molar-refractivity contribution in [3.63, 3.8) is 0 Å². The van der Waals surface area contributed by atoms with E-state index in [-0.39, 0.29) is 30.1 Å². The smallest absolute Gasteiger partial charge is 0.289 e. The van der Waals surface area contributed by atoms with Gasteiger partial charge in [-0.1, -0.05) is 13.8 Å². The van der Waals surface area contributed by atoms with Crippen LogP contribution in [-0.4, -0.2) is 4.57 Å². The Morgan fingerprint density at radius 2 is 2.06 bits per heavy atom. The van der Waals surface area contributed by atoms with E-state index in [1.807, 2.05) is 13.8 Å². The van der Waals surface area contributed by atoms with Crippen molar-refractivity contribution in [3.8, 4) is 0 Å². The van der Waals surface area contributed by atoms with Gasteiger partial charge in [0.2, 0.25) is 0 Å². The second kappa shape index (κ2) is 3.40. The van der Waals surface area contributed by atoms with Crippen LogP contribution in [0.25, 0.3) is 0 Å². The van der Waals surface area contributed by atoms with E-state index in [1.165, 1.54) is 4.57 Å². The molecule has 0 saturated carbocycles. The fourth-order valence-corrected chi connectivity index (χ4v) is 2.27. The summed E-state index contributed by atoms with van der Waals surface area (Å²) in [5.74, 6) is -2.85. The highest BCUT2D eigenvalue weighted by Gasteiger charge is 2.42. The maximum Gasteiger partial charge on any atom is 0.289 e. The molecule has 0 radical (unpaired) electrons. The first-order valence-corrected chi connectivity index (χ1v) is 5.47. The fourth-order valence-electron chi connectivity index (χ4n) is 2.27. The number of alkyl halides is 2. The molecule has 0 aliphatic carbocycles. The molecule has 0 N–H and O–H groups in total. The van der Waals surface area contributed by atoms with Gasteiger partial charge in [-0.2, -0.15) is 8.78 Å². The van der Waals surface area contributed by atoms with Crippen LogP contribution in [0.3, 0.4) is 0 Å². The molecule has 88 valence electrons. The molecule has 0 bridgehead atoms. The number of aromatic nitrogens is 1. The Kier molecular flexibility index (Phi) is 2.40. The molecule has 4 heteroatoms. The summed E-state index contributed by atoms with van der Waals surface area (Å²) >= 11 is 0. The Balaban J connectivity index is 2.80. The van der Waals surface area contributed by atoms with Crippen LogP contribution in [0.4, 0.5) is 8.78 Å². The van der Waals surface area contributed by atoms with Crippen LogP contribution in [0, 0.1) is 6.92 Å². The standard InChI is InChI=1S/C12H15F2NO/c1-7(2)9-6-8(3)11(16)15-5-4-12(13,14)10(9)15/h6-7H,4-5H2,1-3H3. The maximum absolute atomic E-state index is 13.7. The van der Waals surface area contributed by atoms with Gasteiger partial charge in [-0.25, -0.2) is 0 Å². The van der Waals surface area contributed by atoms with Gasteiger partial charge in [0, 0.05) is 18.5 Å². The van der Waals surface area contributed by atoms with Crippen LogP contribution in [-0.2, 0) is 12.5 Å². The molecule has 1 aliphatic heterocycles. The number of halogens is 2. The van der Waals surface area contributed by atoms with E-state index in [0.717, 1.165) is 0 Å². The molecular formula is C12H15F2NO. The zero-order valence-electron chi connectivity index (χ0n) is 9.68. The minimum absolute atomic E-state index is 0.00419. The lowest BCUT2D eigenvalue weighted by molar-refractivity contribution is -0.00333. The van der Waals surface area contributed by atoms with Crippen molar-refractivity contribution in [3.05, 3.63) is 33.2 Å². The molecule has 1 aromatic heterocycles. The highest BCUT2D eigenvalue weighted by molar-refractivity contribution is 5.33. The van der Waals surface area contributed by atoms with Gasteiger partial charge in [0.05, 0.1) is 5.69 Å². The SMILES string of the molecule is Cc1cc(C(C)C)c2n(c1=O)CCC2(F)F. The molecule has 0 atom stereocenters. The minimum atomic E-state index is -2.85. The zero-order chi connectivity index (χ0) is 12.1. The topological polar surface area (TPSA) is 22.0 Å². The van der Waals surface area contributed by atoms with Crippen molar-refractivity contribution in [2.75, 3.05) is 0 Å². The van der Waals surface area contributed by atoms with E-state index in [2.05, 4.69) is 0 Å². The summed E-state index contributed by atoms with van der Waals surface area (Å²) < 4.78 is 28.7. The first-order chi connectivity index (χ1) is 7.34. The number of nitrogens with zero attached hydrogens (tertiary/aromatic N) is 1. The molecule has 16 heavy (non-hydrogen) atoms. The summed E-state index contributed by atoms with van der Waals surface area (Å²) in [6, 6.07) is 1.61. The molecule has 2 rings (SSSR count). The molecule has 0 aromatic carbocycles. The largest absolute Gasteiger partial charge is 0.306 e. The molecular weight excluding hydrogens is 212 g/mol. The first-order valence-electron chi connectivity index (χ1n) is 5.47. The van der Waals surface area contributed by atoms with E-state index >= 15 is 0 Å². The Morgan fingerprint density at radius 1 is 1.44 bits per heavy atom. The zero-order valence-corrected chi connectivity index (χ0v) is 9.68. The van der Waals surface area contributed by atoms with Crippen LogP contribution in [0.15, 0.2) is 10.9 Å². The van der Waals surface area contributed by atoms with E-state index in [4.69, 9.17) is 0 Å². The second-order valence-corrected chi connectivity index (χ2v) is 4.70. The Bertz CT molecular complexity index is 489. The van der Waals surface area contributed by atoms with Crippen molar-refractivity contribution in [1.29, 1.82) is 0 Å². The van der Waals surface area contributed by atoms with E-state index < -0.39 is 5.92 Å². The van der Waals surface area contributed by atoms with Gasteiger partial charge in [-0.05, 0) is 24.5 Å². The number of pyridine rings is 1. The van der Waals surface area contributed by atoms with Gasteiger partial charge in [0.1, 0.15) is 0 Å². The van der Waals surface area contributed by atoms with Crippen LogP contribution in [0.5, 0.6) is 0 Å². The van der Waals surface area contributed by atoms with Gasteiger partial charge < -0.3 is 4.57 Å². The number of rotatable bonds is 1. The monoisotopic (exact) mass is 227 g/mol. The Hall–Kier alpha value is -1.19. The number of hydrogen-bond acceptors (Lipinski definition) is 1. The summed E-state index contributed by atoms with van der Waals surface area (Å²) in [5, 5.41) is 0. The van der Waals surface area contributed by atoms with Crippen LogP contribution in [0.2, 0.25) is 0 Å². The summed E-state index contributed by atoms with van der Waals surface area (Å²) in [4.78, 5) is 11.8. The molecule has 0 saturated heterocycles. The lowest BCUT2D eigenvalue weighted by Gasteiger charge is -2.18. The third-order valence-corrected chi connectivity index (χ3v) is 3.12. The van der Waals surface area contributed by atoms with Gasteiger partial charge in [-0.3, -0.25) is 4.79 Å². The summed E-state index contributed by atoms with van der Waals surface area (Å²) in [7, 11) is 0. The van der Waals surface area contributed by atoms with Crippen molar-refractivity contribution in [2.45, 2.75) is 45.6 Å². The molecule has 1 aliphatic rings. The molecule has 2 nitrogen and oxygen atoms in total. The fraction of sp³-hybridized carbons (Fsp3) is 0.583. The molecule has 0 amide bonds. The van der Waals surface area contributed by atoms with Crippen LogP contribution in [0.1, 0.15) is 43.0 Å². The van der Waals surface area contributed by atoms with E-state index in [1.54, 1.807) is 13.0 Å². The van der Waals surface area contributed by atoms with Gasteiger partial charge in [-0.15, -0.1) is 0 Å². The first kappa shape index (κ1) is 11.3. The van der Waals surface area contributed by atoms with Gasteiger partial charge >= 0.3 is 0 Å². The average Bonchev–Trinajstić information content (AvgIpc) is 2.48. The molecule has 0 fully saturated rings. The third kappa shape index (κ3) is 1.47. The van der Waals surface area contributed by atoms with Crippen molar-refractivity contribution in [2.24, 2.45) is 0 Å². The Morgan fingerprint density at radius 3 is 2.62 bits per heavy atom. The number of hydrogen-bond donors (Lipinski definition) is 0. The van der Waals surface area contributed by atoms with Crippen molar-refractivity contribution < 1.29 is 8.78 Å². The molecule has 0 spiro atoms. The third-order valence-electron chi connectivity index (χ3n) is 3.12. The molecule has 2 heterocycles. The normalized spacial score (nSPS) is 17.9. The van der Waals surface area contributed by atoms with Crippen LogP contribution < -0.4 is 5.56 Å². The van der Waals surface area contributed by atoms with Gasteiger partial charge in [0.15, 0.2) is 0 Å². The lowest BCUT2D eigenvalue weighted by atomic mass is 9.97. The lowest BCUT2D eigenvalue weighted by Crippen LogP contribution is -2.25. The number of fused-ring (bicyclic) bond motifs is 1. The van der Waals surface area contributed by atoms with E-state index in [9.17, 15) is 13.6 Å². The Labute approximate surface area is 92.9 Å². The predicted octanol–water partition coefficient (Wildman–Crippen LogP) is 2.78. The maximum atomic E-state index is 13.7. The quantitative estimate of drug-likeness (QED) is 0.723. The summed E-state index contributed by atoms with van der Waals surface area (Å²) in [6.45, 7) is 5.55. The number of aryl methyl sites for hydroxylation is 1. The van der Waals surface area contributed by atoms with Gasteiger partial charge in [0.25, 0.3) is 11.5 Å². The van der Waals surface area contributed by atoms with Crippen molar-refractivity contribution in [1.82, 2.24) is 4.57 Å². The minimum Gasteiger partial charge on any atom is -0.306 e. The van der Waals surface area contributed by atoms with Crippen molar-refractivity contribution >= 4 is 0 Å². The van der Waals surface area contributed by atoms with Crippen LogP contribution >= 0.6 is 0 Å². The molecule has 0 unspecified atom stereocenters. The molecule has 1 aromatic rings. The summed E-state index contributed by atoms with van der Waals surface area (Å²) in [5.41, 5.74) is 0.791. The predicted molar refractivity (Wildman–Crippen MR) is 58.0 cm³/mol. The second-order valence-electron chi connectivity index (χ2n) is 4.70. The summed E-state index contributed by atoms with van der Waals surface area (Å²) in [6.07, 6.45) is -0.259. The average molecular weight is 227 g/mol.